The van der Waals surface area contributed by atoms with Crippen LogP contribution in [-0.4, -0.2) is 10.1 Å². The molecule has 11 heavy (non-hydrogen) atoms. The van der Waals surface area contributed by atoms with Crippen molar-refractivity contribution in [3.63, 3.8) is 0 Å². The summed E-state index contributed by atoms with van der Waals surface area (Å²) in [5, 5.41) is 3.56. The molecule has 0 spiro atoms. The third-order valence-corrected chi connectivity index (χ3v) is 1.49. The molecule has 0 saturated heterocycles. The Morgan fingerprint density at radius 2 is 2.36 bits per heavy atom. The van der Waals surface area contributed by atoms with E-state index in [1.807, 2.05) is 0 Å². The van der Waals surface area contributed by atoms with Crippen LogP contribution in [0.4, 0.5) is 0 Å². The highest BCUT2D eigenvalue weighted by Crippen LogP contribution is 2.18. The van der Waals surface area contributed by atoms with E-state index in [1.165, 1.54) is 0 Å². The van der Waals surface area contributed by atoms with Gasteiger partial charge in [0.25, 0.3) is 5.89 Å². The number of hydrogen-bond donors (Lipinski definition) is 0. The fourth-order valence-corrected chi connectivity index (χ4v) is 0.942. The summed E-state index contributed by atoms with van der Waals surface area (Å²) < 4.78 is 10.1. The van der Waals surface area contributed by atoms with E-state index >= 15 is 0 Å². The smallest absolute Gasteiger partial charge is 0.261 e. The number of rotatable bonds is 1. The zero-order valence-corrected chi connectivity index (χ0v) is 6.91. The molecule has 0 atom stereocenters. The van der Waals surface area contributed by atoms with Crippen LogP contribution in [-0.2, 0) is 0 Å². The molecule has 56 valence electrons. The molecule has 0 saturated carbocycles. The van der Waals surface area contributed by atoms with Crippen molar-refractivity contribution in [2.45, 2.75) is 0 Å². The number of hydrogen-bond acceptors (Lipinski definition) is 4. The van der Waals surface area contributed by atoms with E-state index in [2.05, 4.69) is 26.1 Å². The second-order valence-corrected chi connectivity index (χ2v) is 2.59. The fraction of sp³-hybridized carbons (Fsp3) is 0. The number of halogens is 1. The molecule has 0 bridgehead atoms. The quantitative estimate of drug-likeness (QED) is 0.730. The Labute approximate surface area is 70.3 Å². The van der Waals surface area contributed by atoms with Crippen molar-refractivity contribution in [2.75, 3.05) is 0 Å². The van der Waals surface area contributed by atoms with E-state index in [9.17, 15) is 0 Å². The Hall–Kier alpha value is -1.10. The van der Waals surface area contributed by atoms with Crippen LogP contribution in [0.15, 0.2) is 32.3 Å². The standard InChI is InChI=1S/C6H3BrN2O2/c7-6-8-5(11-9-6)4-1-2-10-3-4/h1-3H. The van der Waals surface area contributed by atoms with Gasteiger partial charge in [0.1, 0.15) is 6.26 Å². The van der Waals surface area contributed by atoms with Crippen LogP contribution in [0.5, 0.6) is 0 Å². The predicted octanol–water partition coefficient (Wildman–Crippen LogP) is 2.09. The largest absolute Gasteiger partial charge is 0.472 e. The molecule has 0 amide bonds. The molecule has 2 rings (SSSR count). The topological polar surface area (TPSA) is 52.1 Å². The van der Waals surface area contributed by atoms with Gasteiger partial charge >= 0.3 is 0 Å². The monoisotopic (exact) mass is 214 g/mol. The SMILES string of the molecule is Brc1noc(-c2ccoc2)n1. The Morgan fingerprint density at radius 1 is 1.45 bits per heavy atom. The fourth-order valence-electron chi connectivity index (χ4n) is 0.709. The summed E-state index contributed by atoms with van der Waals surface area (Å²) in [5.41, 5.74) is 0.781. The summed E-state index contributed by atoms with van der Waals surface area (Å²) in [6, 6.07) is 1.75. The van der Waals surface area contributed by atoms with Gasteiger partial charge in [0.2, 0.25) is 4.73 Å². The lowest BCUT2D eigenvalue weighted by molar-refractivity contribution is 0.425. The highest BCUT2D eigenvalue weighted by molar-refractivity contribution is 9.10. The molecule has 0 aliphatic heterocycles. The van der Waals surface area contributed by atoms with Crippen LogP contribution in [0.25, 0.3) is 11.5 Å². The van der Waals surface area contributed by atoms with Crippen molar-refractivity contribution in [3.05, 3.63) is 23.3 Å². The van der Waals surface area contributed by atoms with Crippen LogP contribution in [0.2, 0.25) is 0 Å². The van der Waals surface area contributed by atoms with Crippen LogP contribution in [0, 0.1) is 0 Å². The minimum atomic E-state index is 0.439. The lowest BCUT2D eigenvalue weighted by Gasteiger charge is -1.79. The molecule has 0 N–H and O–H groups in total. The van der Waals surface area contributed by atoms with Crippen LogP contribution < -0.4 is 0 Å². The third kappa shape index (κ3) is 1.19. The summed E-state index contributed by atoms with van der Waals surface area (Å²) in [6.07, 6.45) is 3.09. The first-order valence-corrected chi connectivity index (χ1v) is 3.67. The maximum Gasteiger partial charge on any atom is 0.261 e. The highest BCUT2D eigenvalue weighted by Gasteiger charge is 2.06. The van der Waals surface area contributed by atoms with Gasteiger partial charge in [-0.25, -0.2) is 0 Å². The molecule has 0 unspecified atom stereocenters. The second-order valence-electron chi connectivity index (χ2n) is 1.88. The molecule has 2 aromatic heterocycles. The summed E-state index contributed by atoms with van der Waals surface area (Å²) in [7, 11) is 0. The minimum Gasteiger partial charge on any atom is -0.472 e. The van der Waals surface area contributed by atoms with E-state index in [0.717, 1.165) is 5.56 Å². The summed E-state index contributed by atoms with van der Waals surface area (Å²) >= 11 is 3.07. The molecular weight excluding hydrogens is 212 g/mol. The summed E-state index contributed by atoms with van der Waals surface area (Å²) in [5.74, 6) is 0.450. The first kappa shape index (κ1) is 6.60. The van der Waals surface area contributed by atoms with Crippen molar-refractivity contribution in [2.24, 2.45) is 0 Å². The Kier molecular flexibility index (Phi) is 1.50. The van der Waals surface area contributed by atoms with Gasteiger partial charge in [-0.1, -0.05) is 0 Å². The zero-order valence-electron chi connectivity index (χ0n) is 5.32. The maximum atomic E-state index is 4.84. The predicted molar refractivity (Wildman–Crippen MR) is 39.7 cm³/mol. The van der Waals surface area contributed by atoms with E-state index in [0.29, 0.717) is 10.6 Å². The molecule has 0 aromatic carbocycles. The maximum absolute atomic E-state index is 4.84. The van der Waals surface area contributed by atoms with Crippen molar-refractivity contribution in [1.29, 1.82) is 0 Å². The van der Waals surface area contributed by atoms with Gasteiger partial charge in [-0.3, -0.25) is 0 Å². The third-order valence-electron chi connectivity index (χ3n) is 1.17. The van der Waals surface area contributed by atoms with Crippen molar-refractivity contribution >= 4 is 15.9 Å². The molecule has 2 aromatic rings. The normalized spacial score (nSPS) is 10.3. The lowest BCUT2D eigenvalue weighted by atomic mass is 10.3. The van der Waals surface area contributed by atoms with Gasteiger partial charge in [0.15, 0.2) is 0 Å². The van der Waals surface area contributed by atoms with Gasteiger partial charge in [-0.2, -0.15) is 4.98 Å². The molecule has 0 fully saturated rings. The Bertz CT molecular complexity index is 341. The van der Waals surface area contributed by atoms with Crippen LogP contribution >= 0.6 is 15.9 Å². The molecule has 0 aliphatic rings. The Morgan fingerprint density at radius 3 is 2.91 bits per heavy atom. The molecule has 0 radical (unpaired) electrons. The second kappa shape index (κ2) is 2.50. The van der Waals surface area contributed by atoms with Gasteiger partial charge in [0.05, 0.1) is 11.8 Å². The number of nitrogens with zero attached hydrogens (tertiary/aromatic N) is 2. The molecular formula is C6H3BrN2O2. The van der Waals surface area contributed by atoms with E-state index in [-0.39, 0.29) is 0 Å². The van der Waals surface area contributed by atoms with Gasteiger partial charge in [-0.15, -0.1) is 0 Å². The van der Waals surface area contributed by atoms with Gasteiger partial charge < -0.3 is 8.94 Å². The first-order chi connectivity index (χ1) is 5.36. The molecule has 0 aliphatic carbocycles. The molecule has 5 heteroatoms. The number of furan rings is 1. The summed E-state index contributed by atoms with van der Waals surface area (Å²) in [4.78, 5) is 3.93. The van der Waals surface area contributed by atoms with Crippen molar-refractivity contribution in [3.8, 4) is 11.5 Å². The van der Waals surface area contributed by atoms with Crippen molar-refractivity contribution < 1.29 is 8.94 Å². The highest BCUT2D eigenvalue weighted by atomic mass is 79.9. The summed E-state index contributed by atoms with van der Waals surface area (Å²) in [6.45, 7) is 0. The zero-order chi connectivity index (χ0) is 7.68. The average molecular weight is 215 g/mol. The lowest BCUT2D eigenvalue weighted by Crippen LogP contribution is -1.69. The van der Waals surface area contributed by atoms with E-state index in [1.54, 1.807) is 18.6 Å². The molecule has 4 nitrogen and oxygen atoms in total. The van der Waals surface area contributed by atoms with E-state index in [4.69, 9.17) is 8.94 Å². The van der Waals surface area contributed by atoms with Gasteiger partial charge in [0, 0.05) is 0 Å². The minimum absolute atomic E-state index is 0.439. The number of aromatic nitrogens is 2. The first-order valence-electron chi connectivity index (χ1n) is 2.88. The Balaban J connectivity index is 2.45. The van der Waals surface area contributed by atoms with Gasteiger partial charge in [-0.05, 0) is 27.2 Å². The van der Waals surface area contributed by atoms with Crippen LogP contribution in [0.1, 0.15) is 0 Å². The average Bonchev–Trinajstić information content (AvgIpc) is 2.55. The van der Waals surface area contributed by atoms with E-state index < -0.39 is 0 Å². The van der Waals surface area contributed by atoms with Crippen LogP contribution in [0.3, 0.4) is 0 Å². The molecule has 2 heterocycles. The van der Waals surface area contributed by atoms with Crippen molar-refractivity contribution in [1.82, 2.24) is 10.1 Å².